The molecule has 1 heterocycles. The molecule has 1 aromatic carbocycles. The molecule has 0 N–H and O–H groups in total. The van der Waals surface area contributed by atoms with Gasteiger partial charge < -0.3 is 4.90 Å². The number of carbonyl (C=O) groups is 1. The van der Waals surface area contributed by atoms with Crippen LogP contribution in [-0.2, 0) is 4.79 Å². The zero-order valence-corrected chi connectivity index (χ0v) is 8.94. The largest absolute Gasteiger partial charge is 0.370 e. The number of rotatable bonds is 0. The molecule has 0 radical (unpaired) electrons. The second-order valence-corrected chi connectivity index (χ2v) is 4.63. The van der Waals surface area contributed by atoms with Gasteiger partial charge in [0, 0.05) is 37.5 Å². The number of hydrogen-bond donors (Lipinski definition) is 0. The van der Waals surface area contributed by atoms with Crippen molar-refractivity contribution in [2.45, 2.75) is 31.2 Å². The van der Waals surface area contributed by atoms with E-state index in [0.29, 0.717) is 17.7 Å². The molecular formula is C13H15NO. The summed E-state index contributed by atoms with van der Waals surface area (Å²) in [4.78, 5) is 13.8. The quantitative estimate of drug-likeness (QED) is 0.642. The average molecular weight is 201 g/mol. The predicted octanol–water partition coefficient (Wildman–Crippen LogP) is 2.34. The molecule has 1 aliphatic carbocycles. The lowest BCUT2D eigenvalue weighted by Gasteiger charge is -2.29. The molecule has 78 valence electrons. The Morgan fingerprint density at radius 2 is 2.13 bits per heavy atom. The number of para-hydroxylation sites is 1. The first-order chi connectivity index (χ1) is 7.27. The topological polar surface area (TPSA) is 20.3 Å². The van der Waals surface area contributed by atoms with E-state index in [9.17, 15) is 4.79 Å². The number of hydrogen-bond acceptors (Lipinski definition) is 2. The Bertz CT molecular complexity index is 413. The lowest BCUT2D eigenvalue weighted by atomic mass is 9.82. The van der Waals surface area contributed by atoms with Crippen LogP contribution in [0.5, 0.6) is 0 Å². The highest BCUT2D eigenvalue weighted by molar-refractivity contribution is 5.82. The van der Waals surface area contributed by atoms with Gasteiger partial charge in [0.05, 0.1) is 0 Å². The Hall–Kier alpha value is -1.31. The Kier molecular flexibility index (Phi) is 1.84. The summed E-state index contributed by atoms with van der Waals surface area (Å²) in [6.45, 7) is 0. The summed E-state index contributed by atoms with van der Waals surface area (Å²) in [5, 5.41) is 0. The molecule has 1 aliphatic heterocycles. The Balaban J connectivity index is 2.04. The maximum absolute atomic E-state index is 11.5. The number of nitrogens with zero attached hydrogens (tertiary/aromatic N) is 1. The molecule has 1 fully saturated rings. The van der Waals surface area contributed by atoms with Crippen LogP contribution < -0.4 is 4.90 Å². The van der Waals surface area contributed by atoms with E-state index >= 15 is 0 Å². The zero-order chi connectivity index (χ0) is 10.4. The summed E-state index contributed by atoms with van der Waals surface area (Å²) < 4.78 is 0. The molecule has 0 spiro atoms. The van der Waals surface area contributed by atoms with Crippen molar-refractivity contribution in [2.75, 3.05) is 11.9 Å². The van der Waals surface area contributed by atoms with Gasteiger partial charge in [-0.3, -0.25) is 4.79 Å². The standard InChI is InChI=1S/C13H15NO/c1-14-12-5-3-2-4-10(12)11-7-6-9(15)8-13(11)14/h2-5,11,13H,6-8H2,1H3/t11-,13-/m1/s1. The minimum atomic E-state index is 0.420. The number of Topliss-reactive ketones (excluding diaryl/α,β-unsaturated/α-hetero) is 1. The van der Waals surface area contributed by atoms with Crippen LogP contribution in [0.15, 0.2) is 24.3 Å². The molecule has 2 heteroatoms. The maximum atomic E-state index is 11.5. The molecule has 1 aromatic rings. The van der Waals surface area contributed by atoms with Crippen molar-refractivity contribution in [3.05, 3.63) is 29.8 Å². The molecule has 0 aromatic heterocycles. The van der Waals surface area contributed by atoms with Gasteiger partial charge in [-0.05, 0) is 18.1 Å². The fourth-order valence-corrected chi connectivity index (χ4v) is 3.06. The van der Waals surface area contributed by atoms with E-state index < -0.39 is 0 Å². The van der Waals surface area contributed by atoms with Crippen LogP contribution in [0.25, 0.3) is 0 Å². The lowest BCUT2D eigenvalue weighted by molar-refractivity contribution is -0.120. The van der Waals surface area contributed by atoms with E-state index in [0.717, 1.165) is 19.3 Å². The summed E-state index contributed by atoms with van der Waals surface area (Å²) in [6, 6.07) is 8.98. The first-order valence-electron chi connectivity index (χ1n) is 5.61. The molecule has 2 atom stereocenters. The number of anilines is 1. The van der Waals surface area contributed by atoms with E-state index in [1.165, 1.54) is 11.3 Å². The van der Waals surface area contributed by atoms with Gasteiger partial charge in [0.1, 0.15) is 5.78 Å². The van der Waals surface area contributed by atoms with E-state index in [2.05, 4.69) is 36.2 Å². The van der Waals surface area contributed by atoms with Crippen molar-refractivity contribution in [3.63, 3.8) is 0 Å². The van der Waals surface area contributed by atoms with E-state index in [4.69, 9.17) is 0 Å². The fraction of sp³-hybridized carbons (Fsp3) is 0.462. The van der Waals surface area contributed by atoms with Gasteiger partial charge in [-0.2, -0.15) is 0 Å². The van der Waals surface area contributed by atoms with Gasteiger partial charge in [-0.25, -0.2) is 0 Å². The van der Waals surface area contributed by atoms with Gasteiger partial charge in [0.25, 0.3) is 0 Å². The molecule has 0 amide bonds. The molecule has 0 saturated heterocycles. The van der Waals surface area contributed by atoms with Crippen molar-refractivity contribution in [1.29, 1.82) is 0 Å². The second kappa shape index (κ2) is 3.09. The third-order valence-corrected chi connectivity index (χ3v) is 3.85. The third kappa shape index (κ3) is 1.21. The van der Waals surface area contributed by atoms with Gasteiger partial charge >= 0.3 is 0 Å². The van der Waals surface area contributed by atoms with Crippen molar-refractivity contribution >= 4 is 11.5 Å². The van der Waals surface area contributed by atoms with Gasteiger partial charge in [0.15, 0.2) is 0 Å². The minimum Gasteiger partial charge on any atom is -0.370 e. The highest BCUT2D eigenvalue weighted by Crippen LogP contribution is 2.45. The van der Waals surface area contributed by atoms with Crippen LogP contribution in [0.3, 0.4) is 0 Å². The van der Waals surface area contributed by atoms with Crippen molar-refractivity contribution in [2.24, 2.45) is 0 Å². The normalized spacial score (nSPS) is 28.9. The highest BCUT2D eigenvalue weighted by Gasteiger charge is 2.39. The van der Waals surface area contributed by atoms with Gasteiger partial charge in [-0.1, -0.05) is 18.2 Å². The molecule has 1 saturated carbocycles. The van der Waals surface area contributed by atoms with Crippen LogP contribution in [-0.4, -0.2) is 18.9 Å². The average Bonchev–Trinajstić information content (AvgIpc) is 2.54. The molecule has 0 bridgehead atoms. The molecule has 0 unspecified atom stereocenters. The molecule has 15 heavy (non-hydrogen) atoms. The van der Waals surface area contributed by atoms with Gasteiger partial charge in [-0.15, -0.1) is 0 Å². The van der Waals surface area contributed by atoms with Crippen LogP contribution in [0.1, 0.15) is 30.7 Å². The summed E-state index contributed by atoms with van der Waals surface area (Å²) in [5.74, 6) is 1.01. The molecule has 3 rings (SSSR count). The minimum absolute atomic E-state index is 0.420. The SMILES string of the molecule is CN1c2ccccc2[C@H]2CCC(=O)C[C@H]21. The Labute approximate surface area is 89.9 Å². The monoisotopic (exact) mass is 201 g/mol. The Morgan fingerprint density at radius 3 is 3.00 bits per heavy atom. The van der Waals surface area contributed by atoms with Crippen molar-refractivity contribution < 1.29 is 4.79 Å². The van der Waals surface area contributed by atoms with Crippen LogP contribution in [0, 0.1) is 0 Å². The van der Waals surface area contributed by atoms with Crippen LogP contribution in [0.2, 0.25) is 0 Å². The molecule has 2 aliphatic rings. The highest BCUT2D eigenvalue weighted by atomic mass is 16.1. The first kappa shape index (κ1) is 8.96. The van der Waals surface area contributed by atoms with Gasteiger partial charge in [0.2, 0.25) is 0 Å². The molecular weight excluding hydrogens is 186 g/mol. The van der Waals surface area contributed by atoms with E-state index in [1.807, 2.05) is 0 Å². The van der Waals surface area contributed by atoms with E-state index in [1.54, 1.807) is 0 Å². The Morgan fingerprint density at radius 1 is 1.33 bits per heavy atom. The summed E-state index contributed by atoms with van der Waals surface area (Å²) in [5.41, 5.74) is 2.76. The molecule has 2 nitrogen and oxygen atoms in total. The number of ketones is 1. The number of carbonyl (C=O) groups excluding carboxylic acids is 1. The smallest absolute Gasteiger partial charge is 0.135 e. The predicted molar refractivity (Wildman–Crippen MR) is 60.2 cm³/mol. The summed E-state index contributed by atoms with van der Waals surface area (Å²) in [6.07, 6.45) is 2.53. The zero-order valence-electron chi connectivity index (χ0n) is 8.94. The maximum Gasteiger partial charge on any atom is 0.135 e. The van der Waals surface area contributed by atoms with E-state index in [-0.39, 0.29) is 0 Å². The second-order valence-electron chi connectivity index (χ2n) is 4.63. The first-order valence-corrected chi connectivity index (χ1v) is 5.61. The van der Waals surface area contributed by atoms with Crippen molar-refractivity contribution in [3.8, 4) is 0 Å². The number of fused-ring (bicyclic) bond motifs is 3. The third-order valence-electron chi connectivity index (χ3n) is 3.85. The number of benzene rings is 1. The summed E-state index contributed by atoms with van der Waals surface area (Å²) >= 11 is 0. The van der Waals surface area contributed by atoms with Crippen LogP contribution >= 0.6 is 0 Å². The lowest BCUT2D eigenvalue weighted by Crippen LogP contribution is -2.36. The summed E-state index contributed by atoms with van der Waals surface area (Å²) in [7, 11) is 2.11. The van der Waals surface area contributed by atoms with Crippen molar-refractivity contribution in [1.82, 2.24) is 0 Å². The fourth-order valence-electron chi connectivity index (χ4n) is 3.06. The van der Waals surface area contributed by atoms with Crippen LogP contribution in [0.4, 0.5) is 5.69 Å². The number of likely N-dealkylation sites (N-methyl/N-ethyl adjacent to an activating group) is 1.